The minimum absolute atomic E-state index is 0.0464. The molecule has 0 bridgehead atoms. The lowest BCUT2D eigenvalue weighted by molar-refractivity contribution is -0.127. The molecule has 0 aliphatic heterocycles. The number of carbonyl (C=O) groups is 1. The fourth-order valence-corrected chi connectivity index (χ4v) is 4.27. The van der Waals surface area contributed by atoms with Crippen molar-refractivity contribution in [3.8, 4) is 11.5 Å². The van der Waals surface area contributed by atoms with E-state index in [1.165, 1.54) is 28.2 Å². The van der Waals surface area contributed by atoms with Gasteiger partial charge in [0.25, 0.3) is 0 Å². The van der Waals surface area contributed by atoms with Gasteiger partial charge in [0.2, 0.25) is 28.0 Å². The highest BCUT2D eigenvalue weighted by molar-refractivity contribution is 8.00. The first-order valence-corrected chi connectivity index (χ1v) is 11.5. The highest BCUT2D eigenvalue weighted by Gasteiger charge is 2.21. The molecule has 11 heteroatoms. The second kappa shape index (κ2) is 9.98. The van der Waals surface area contributed by atoms with Crippen LogP contribution in [0.2, 0.25) is 0 Å². The van der Waals surface area contributed by atoms with Gasteiger partial charge in [-0.1, -0.05) is 41.2 Å². The number of aryl methyl sites for hydroxylation is 1. The van der Waals surface area contributed by atoms with Crippen LogP contribution in [0.4, 0.5) is 0 Å². The van der Waals surface area contributed by atoms with E-state index >= 15 is 0 Å². The lowest BCUT2D eigenvalue weighted by atomic mass is 10.1. The molecule has 1 unspecified atom stereocenters. The molecule has 1 amide bonds. The molecule has 0 saturated carbocycles. The van der Waals surface area contributed by atoms with Crippen molar-refractivity contribution in [2.75, 3.05) is 24.7 Å². The number of carbonyl (C=O) groups excluding carboxylic acids is 1. The van der Waals surface area contributed by atoms with Crippen molar-refractivity contribution < 1.29 is 9.21 Å². The van der Waals surface area contributed by atoms with E-state index in [1.54, 1.807) is 4.90 Å². The predicted molar refractivity (Wildman–Crippen MR) is 118 cm³/mol. The summed E-state index contributed by atoms with van der Waals surface area (Å²) >= 11 is 2.63. The van der Waals surface area contributed by atoms with Crippen molar-refractivity contribution in [3.63, 3.8) is 0 Å². The Bertz CT molecular complexity index is 983. The molecule has 1 aromatic carbocycles. The lowest BCUT2D eigenvalue weighted by Gasteiger charge is -2.17. The molecule has 30 heavy (non-hydrogen) atoms. The van der Waals surface area contributed by atoms with Gasteiger partial charge in [-0.15, -0.1) is 20.4 Å². The summed E-state index contributed by atoms with van der Waals surface area (Å²) in [6.07, 6.45) is 0. The van der Waals surface area contributed by atoms with Gasteiger partial charge in [0, 0.05) is 18.7 Å². The molecule has 0 spiro atoms. The zero-order valence-electron chi connectivity index (χ0n) is 17.4. The molecule has 2 aromatic heterocycles. The number of amides is 1. The van der Waals surface area contributed by atoms with Gasteiger partial charge in [0.15, 0.2) is 0 Å². The zero-order chi connectivity index (χ0) is 21.7. The van der Waals surface area contributed by atoms with Gasteiger partial charge in [-0.2, -0.15) is 0 Å². The van der Waals surface area contributed by atoms with Crippen LogP contribution >= 0.6 is 23.5 Å². The molecule has 3 aromatic rings. The van der Waals surface area contributed by atoms with Crippen molar-refractivity contribution in [2.45, 2.75) is 43.3 Å². The molecule has 0 aliphatic carbocycles. The third-order valence-corrected chi connectivity index (χ3v) is 6.42. The van der Waals surface area contributed by atoms with Crippen LogP contribution in [0.1, 0.15) is 37.5 Å². The van der Waals surface area contributed by atoms with Gasteiger partial charge >= 0.3 is 0 Å². The minimum atomic E-state index is -0.168. The van der Waals surface area contributed by atoms with Gasteiger partial charge in [-0.3, -0.25) is 4.79 Å². The van der Waals surface area contributed by atoms with E-state index < -0.39 is 0 Å². The maximum Gasteiger partial charge on any atom is 0.247 e. The Morgan fingerprint density at radius 1 is 1.13 bits per heavy atom. The fraction of sp³-hybridized carbons (Fsp3) is 0.421. The minimum Gasteiger partial charge on any atom is -0.419 e. The van der Waals surface area contributed by atoms with E-state index in [1.807, 2.05) is 52.0 Å². The van der Waals surface area contributed by atoms with Gasteiger partial charge in [-0.25, -0.2) is 4.68 Å². The Hall–Kier alpha value is -2.53. The normalized spacial score (nSPS) is 12.1. The smallest absolute Gasteiger partial charge is 0.247 e. The van der Waals surface area contributed by atoms with Gasteiger partial charge < -0.3 is 15.2 Å². The van der Waals surface area contributed by atoms with Gasteiger partial charge in [-0.05, 0) is 39.8 Å². The number of hydrogen-bond donors (Lipinski definition) is 1. The monoisotopic (exact) mass is 447 g/mol. The average Bonchev–Trinajstić information content (AvgIpc) is 3.36. The first-order chi connectivity index (χ1) is 14.4. The van der Waals surface area contributed by atoms with Crippen LogP contribution in [0.25, 0.3) is 11.5 Å². The Labute approximate surface area is 183 Å². The maximum atomic E-state index is 12.2. The van der Waals surface area contributed by atoms with E-state index in [4.69, 9.17) is 10.3 Å². The summed E-state index contributed by atoms with van der Waals surface area (Å²) < 4.78 is 7.21. The fourth-order valence-electron chi connectivity index (χ4n) is 2.66. The summed E-state index contributed by atoms with van der Waals surface area (Å²) in [5.41, 5.74) is 2.03. The summed E-state index contributed by atoms with van der Waals surface area (Å²) in [5.74, 6) is 7.38. The first kappa shape index (κ1) is 22.2. The van der Waals surface area contributed by atoms with Crippen LogP contribution in [0.15, 0.2) is 39.0 Å². The zero-order valence-corrected chi connectivity index (χ0v) is 19.0. The second-order valence-electron chi connectivity index (χ2n) is 6.56. The maximum absolute atomic E-state index is 12.2. The second-order valence-corrected chi connectivity index (χ2v) is 8.81. The van der Waals surface area contributed by atoms with Crippen molar-refractivity contribution in [3.05, 3.63) is 35.7 Å². The molecule has 2 N–H and O–H groups in total. The number of hydrogen-bond acceptors (Lipinski definition) is 9. The summed E-state index contributed by atoms with van der Waals surface area (Å²) in [5, 5.41) is 17.3. The molecule has 0 saturated heterocycles. The molecule has 160 valence electrons. The van der Waals surface area contributed by atoms with Crippen LogP contribution in [-0.4, -0.2) is 54.7 Å². The third-order valence-electron chi connectivity index (χ3n) is 4.44. The first-order valence-electron chi connectivity index (χ1n) is 9.61. The van der Waals surface area contributed by atoms with Crippen LogP contribution in [0, 0.1) is 6.92 Å². The van der Waals surface area contributed by atoms with E-state index in [0.29, 0.717) is 35.2 Å². The Morgan fingerprint density at radius 2 is 1.80 bits per heavy atom. The van der Waals surface area contributed by atoms with Gasteiger partial charge in [0.05, 0.1) is 11.0 Å². The lowest BCUT2D eigenvalue weighted by Crippen LogP contribution is -2.32. The number of rotatable bonds is 9. The number of thioether (sulfide) groups is 2. The Balaban J connectivity index is 1.63. The van der Waals surface area contributed by atoms with Crippen LogP contribution in [0.3, 0.4) is 0 Å². The molecule has 0 radical (unpaired) electrons. The molecule has 0 aliphatic rings. The SMILES string of the molecule is CCN(CC)C(=O)CSc1nnc(SC(C)c2nnc(-c3ccc(C)cc3)o2)n1N. The van der Waals surface area contributed by atoms with Crippen molar-refractivity contribution in [1.82, 2.24) is 30.0 Å². The molecule has 3 rings (SSSR count). The summed E-state index contributed by atoms with van der Waals surface area (Å²) in [6, 6.07) is 7.89. The molecule has 9 nitrogen and oxygen atoms in total. The molecule has 1 atom stereocenters. The topological polar surface area (TPSA) is 116 Å². The highest BCUT2D eigenvalue weighted by atomic mass is 32.2. The van der Waals surface area contributed by atoms with Crippen LogP contribution < -0.4 is 5.84 Å². The van der Waals surface area contributed by atoms with E-state index in [0.717, 1.165) is 11.1 Å². The predicted octanol–water partition coefficient (Wildman–Crippen LogP) is 3.16. The molecule has 2 heterocycles. The van der Waals surface area contributed by atoms with Crippen LogP contribution in [-0.2, 0) is 4.79 Å². The number of nitrogens with zero attached hydrogens (tertiary/aromatic N) is 6. The number of benzene rings is 1. The van der Waals surface area contributed by atoms with Crippen molar-refractivity contribution in [2.24, 2.45) is 0 Å². The van der Waals surface area contributed by atoms with E-state index in [2.05, 4.69) is 20.4 Å². The Morgan fingerprint density at radius 3 is 2.47 bits per heavy atom. The third kappa shape index (κ3) is 5.14. The van der Waals surface area contributed by atoms with Crippen molar-refractivity contribution in [1.29, 1.82) is 0 Å². The number of nitrogens with two attached hydrogens (primary N) is 1. The largest absolute Gasteiger partial charge is 0.419 e. The van der Waals surface area contributed by atoms with E-state index in [9.17, 15) is 4.79 Å². The van der Waals surface area contributed by atoms with Crippen LogP contribution in [0.5, 0.6) is 0 Å². The van der Waals surface area contributed by atoms with Crippen molar-refractivity contribution >= 4 is 29.4 Å². The summed E-state index contributed by atoms with van der Waals surface area (Å²) in [7, 11) is 0. The quantitative estimate of drug-likeness (QED) is 0.390. The molecular formula is C19H25N7O2S2. The average molecular weight is 448 g/mol. The molecular weight excluding hydrogens is 422 g/mol. The molecule has 0 fully saturated rings. The van der Waals surface area contributed by atoms with Gasteiger partial charge in [0.1, 0.15) is 0 Å². The number of aromatic nitrogens is 5. The highest BCUT2D eigenvalue weighted by Crippen LogP contribution is 2.34. The number of nitrogen functional groups attached to an aromatic ring is 1. The summed E-state index contributed by atoms with van der Waals surface area (Å²) in [6.45, 7) is 9.22. The summed E-state index contributed by atoms with van der Waals surface area (Å²) in [4.78, 5) is 13.9. The standard InChI is InChI=1S/C19H25N7O2S2/c1-5-25(6-2)15(27)11-29-18-23-24-19(26(18)20)30-13(4)16-21-22-17(28-16)14-9-7-12(3)8-10-14/h7-10,13H,5-6,11,20H2,1-4H3. The Kier molecular flexibility index (Phi) is 7.38. The van der Waals surface area contributed by atoms with E-state index in [-0.39, 0.29) is 16.9 Å².